The van der Waals surface area contributed by atoms with E-state index in [1.165, 1.54) is 6.07 Å². The Kier molecular flexibility index (Phi) is 5.05. The molecule has 9 heteroatoms. The highest BCUT2D eigenvalue weighted by atomic mass is 16.3. The lowest BCUT2D eigenvalue weighted by molar-refractivity contribution is -0.181. The highest BCUT2D eigenvalue weighted by Gasteiger charge is 2.64. The third-order valence-electron chi connectivity index (χ3n) is 7.26. The molecular formula is C22H26N2O7. The van der Waals surface area contributed by atoms with E-state index in [2.05, 4.69) is 6.58 Å². The monoisotopic (exact) mass is 430 g/mol. The number of phenolic OH excluding ortho intramolecular Hbond substituents is 1. The summed E-state index contributed by atoms with van der Waals surface area (Å²) in [5.74, 6) is -8.71. The highest BCUT2D eigenvalue weighted by Crippen LogP contribution is 2.54. The van der Waals surface area contributed by atoms with Gasteiger partial charge in [0.05, 0.1) is 35.7 Å². The van der Waals surface area contributed by atoms with Crippen LogP contribution in [0, 0.1) is 29.6 Å². The molecule has 0 radical (unpaired) electrons. The zero-order valence-electron chi connectivity index (χ0n) is 17.2. The van der Waals surface area contributed by atoms with Gasteiger partial charge in [-0.15, -0.1) is 0 Å². The molecule has 9 atom stereocenters. The third kappa shape index (κ3) is 2.81. The summed E-state index contributed by atoms with van der Waals surface area (Å²) in [4.78, 5) is 40.0. The number of Topliss-reactive ketones (excluding diaryl/α,β-unsaturated/α-hetero) is 2. The van der Waals surface area contributed by atoms with Crippen LogP contribution in [0.4, 0.5) is 0 Å². The van der Waals surface area contributed by atoms with Crippen molar-refractivity contribution in [1.82, 2.24) is 4.90 Å². The van der Waals surface area contributed by atoms with Crippen LogP contribution in [0.1, 0.15) is 15.9 Å². The minimum atomic E-state index is -1.57. The Morgan fingerprint density at radius 2 is 1.68 bits per heavy atom. The van der Waals surface area contributed by atoms with Crippen LogP contribution in [0.25, 0.3) is 5.57 Å². The molecule has 2 fully saturated rings. The quantitative estimate of drug-likeness (QED) is 0.365. The van der Waals surface area contributed by atoms with Gasteiger partial charge < -0.3 is 31.1 Å². The van der Waals surface area contributed by atoms with Crippen molar-refractivity contribution in [3.05, 3.63) is 35.9 Å². The predicted octanol–water partition coefficient (Wildman–Crippen LogP) is -1.22. The molecule has 0 aromatic heterocycles. The molecule has 166 valence electrons. The van der Waals surface area contributed by atoms with Gasteiger partial charge in [-0.05, 0) is 31.3 Å². The van der Waals surface area contributed by atoms with Gasteiger partial charge in [-0.25, -0.2) is 0 Å². The number of likely N-dealkylation sites (N-methyl/N-ethyl adjacent to an activating group) is 1. The summed E-state index contributed by atoms with van der Waals surface area (Å²) in [6.45, 7) is 4.02. The first-order chi connectivity index (χ1) is 14.5. The predicted molar refractivity (Wildman–Crippen MR) is 109 cm³/mol. The van der Waals surface area contributed by atoms with Gasteiger partial charge >= 0.3 is 0 Å². The Balaban J connectivity index is 1.89. The lowest BCUT2D eigenvalue weighted by Crippen LogP contribution is -2.70. The van der Waals surface area contributed by atoms with Crippen LogP contribution in [0.15, 0.2) is 24.8 Å². The number of carbonyl (C=O) groups is 3. The molecule has 2 saturated carbocycles. The van der Waals surface area contributed by atoms with Crippen molar-refractivity contribution in [2.45, 2.75) is 24.4 Å². The maximum absolute atomic E-state index is 13.3. The molecule has 31 heavy (non-hydrogen) atoms. The molecule has 3 aliphatic rings. The molecule has 9 nitrogen and oxygen atoms in total. The first kappa shape index (κ1) is 21.6. The lowest BCUT2D eigenvalue weighted by atomic mass is 9.51. The van der Waals surface area contributed by atoms with Crippen molar-refractivity contribution in [1.29, 1.82) is 0 Å². The van der Waals surface area contributed by atoms with Crippen LogP contribution in [0.2, 0.25) is 0 Å². The molecule has 6 N–H and O–H groups in total. The minimum absolute atomic E-state index is 0.0163. The van der Waals surface area contributed by atoms with E-state index in [1.54, 1.807) is 31.1 Å². The van der Waals surface area contributed by atoms with Gasteiger partial charge in [-0.3, -0.25) is 14.4 Å². The maximum Gasteiger partial charge on any atom is 0.230 e. The standard InChI is InChI=1S/C22H26N2O7/c1-7-8-5-4-6-9(25)11(8)18(27)13-10(7)17(26)12-14(19(13)28)20(29)15(22(23)31)21(30)16(12)24(2)3/h4-6,10,12-17,19,21,25-26,28,30H,1H2,2-3H3,(H2,23,31)/t10-,12-,13?,14-,15?,16+,17+,19?,21?/m1/s1. The zero-order valence-corrected chi connectivity index (χ0v) is 17.2. The van der Waals surface area contributed by atoms with Crippen LogP contribution in [0.3, 0.4) is 0 Å². The highest BCUT2D eigenvalue weighted by molar-refractivity contribution is 6.10. The summed E-state index contributed by atoms with van der Waals surface area (Å²) >= 11 is 0. The second kappa shape index (κ2) is 7.23. The summed E-state index contributed by atoms with van der Waals surface area (Å²) < 4.78 is 0. The van der Waals surface area contributed by atoms with Gasteiger partial charge in [-0.2, -0.15) is 0 Å². The number of benzene rings is 1. The van der Waals surface area contributed by atoms with E-state index in [0.29, 0.717) is 11.1 Å². The molecule has 1 aromatic carbocycles. The van der Waals surface area contributed by atoms with Crippen molar-refractivity contribution >= 4 is 23.0 Å². The molecular weight excluding hydrogens is 404 g/mol. The van der Waals surface area contributed by atoms with Gasteiger partial charge in [0, 0.05) is 17.9 Å². The van der Waals surface area contributed by atoms with Gasteiger partial charge in [-0.1, -0.05) is 18.7 Å². The molecule has 1 amide bonds. The number of carbonyl (C=O) groups excluding carboxylic acids is 3. The van der Waals surface area contributed by atoms with Crippen molar-refractivity contribution < 1.29 is 34.8 Å². The Morgan fingerprint density at radius 1 is 1.03 bits per heavy atom. The number of aromatic hydroxyl groups is 1. The molecule has 0 saturated heterocycles. The number of nitrogens with zero attached hydrogens (tertiary/aromatic N) is 1. The molecule has 0 heterocycles. The average molecular weight is 430 g/mol. The maximum atomic E-state index is 13.3. The normalized spacial score (nSPS) is 39.7. The van der Waals surface area contributed by atoms with E-state index in [0.717, 1.165) is 0 Å². The van der Waals surface area contributed by atoms with Gasteiger partial charge in [0.15, 0.2) is 11.6 Å². The lowest BCUT2D eigenvalue weighted by Gasteiger charge is -2.56. The second-order valence-corrected chi connectivity index (χ2v) is 8.95. The van der Waals surface area contributed by atoms with Crippen molar-refractivity contribution in [3.8, 4) is 5.75 Å². The second-order valence-electron chi connectivity index (χ2n) is 8.95. The fraction of sp³-hybridized carbons (Fsp3) is 0.500. The third-order valence-corrected chi connectivity index (χ3v) is 7.26. The van der Waals surface area contributed by atoms with Crippen LogP contribution in [-0.2, 0) is 9.59 Å². The van der Waals surface area contributed by atoms with E-state index in [1.807, 2.05) is 0 Å². The number of hydrogen-bond acceptors (Lipinski definition) is 8. The van der Waals surface area contributed by atoms with E-state index in [9.17, 15) is 34.8 Å². The molecule has 0 spiro atoms. The van der Waals surface area contributed by atoms with Gasteiger partial charge in [0.25, 0.3) is 0 Å². The topological polar surface area (TPSA) is 161 Å². The zero-order chi connectivity index (χ0) is 22.9. The molecule has 4 unspecified atom stereocenters. The summed E-state index contributed by atoms with van der Waals surface area (Å²) in [5, 5.41) is 43.7. The SMILES string of the molecule is C=C1c2cccc(O)c2C(=O)C2C(O)[C@@H]3C(=O)C(C(N)=O)C(O)[C@@H](N(C)C)[C@@H]3[C@@H](O)[C@H]12. The summed E-state index contributed by atoms with van der Waals surface area (Å²) in [6, 6.07) is 3.62. The number of fused-ring (bicyclic) bond motifs is 3. The summed E-state index contributed by atoms with van der Waals surface area (Å²) in [7, 11) is 3.25. The molecule has 4 rings (SSSR count). The van der Waals surface area contributed by atoms with Crippen molar-refractivity contribution in [2.75, 3.05) is 14.1 Å². The van der Waals surface area contributed by atoms with Crippen LogP contribution in [-0.4, -0.2) is 81.2 Å². The van der Waals surface area contributed by atoms with Crippen molar-refractivity contribution in [2.24, 2.45) is 35.3 Å². The number of nitrogens with two attached hydrogens (primary N) is 1. The van der Waals surface area contributed by atoms with Gasteiger partial charge in [0.1, 0.15) is 11.7 Å². The smallest absolute Gasteiger partial charge is 0.230 e. The number of phenols is 1. The first-order valence-corrected chi connectivity index (χ1v) is 10.1. The molecule has 1 aromatic rings. The number of hydrogen-bond donors (Lipinski definition) is 5. The fourth-order valence-corrected chi connectivity index (χ4v) is 6.01. The Bertz CT molecular complexity index is 990. The molecule has 0 aliphatic heterocycles. The molecule has 0 bridgehead atoms. The number of primary amides is 1. The number of aliphatic hydroxyl groups excluding tert-OH is 3. The van der Waals surface area contributed by atoms with E-state index < -0.39 is 71.4 Å². The molecule has 3 aliphatic carbocycles. The first-order valence-electron chi connectivity index (χ1n) is 10.1. The van der Waals surface area contributed by atoms with Crippen LogP contribution >= 0.6 is 0 Å². The largest absolute Gasteiger partial charge is 0.507 e. The van der Waals surface area contributed by atoms with E-state index in [-0.39, 0.29) is 11.3 Å². The number of aliphatic hydroxyl groups is 3. The van der Waals surface area contributed by atoms with E-state index in [4.69, 9.17) is 5.73 Å². The Morgan fingerprint density at radius 3 is 2.26 bits per heavy atom. The minimum Gasteiger partial charge on any atom is -0.507 e. The number of ketones is 2. The number of amides is 1. The van der Waals surface area contributed by atoms with Gasteiger partial charge in [0.2, 0.25) is 5.91 Å². The van der Waals surface area contributed by atoms with Crippen LogP contribution in [0.5, 0.6) is 5.75 Å². The number of rotatable bonds is 2. The van der Waals surface area contributed by atoms with Crippen LogP contribution < -0.4 is 5.73 Å². The average Bonchev–Trinajstić information content (AvgIpc) is 2.67. The Labute approximate surface area is 178 Å². The Hall–Kier alpha value is -2.59. The summed E-state index contributed by atoms with van der Waals surface area (Å²) in [5.41, 5.74) is 6.09. The summed E-state index contributed by atoms with van der Waals surface area (Å²) in [6.07, 6.45) is -4.35. The van der Waals surface area contributed by atoms with E-state index >= 15 is 0 Å². The fourth-order valence-electron chi connectivity index (χ4n) is 6.01. The van der Waals surface area contributed by atoms with Crippen molar-refractivity contribution in [3.63, 3.8) is 0 Å².